The van der Waals surface area contributed by atoms with Crippen molar-refractivity contribution in [2.45, 2.75) is 44.8 Å². The molecule has 0 aromatic carbocycles. The highest BCUT2D eigenvalue weighted by Gasteiger charge is 2.24. The number of amides is 2. The van der Waals surface area contributed by atoms with E-state index in [1.807, 2.05) is 6.92 Å². The number of aliphatic hydroxyl groups excluding tert-OH is 1. The molecule has 0 bridgehead atoms. The van der Waals surface area contributed by atoms with E-state index in [1.165, 1.54) is 7.11 Å². The summed E-state index contributed by atoms with van der Waals surface area (Å²) in [5.74, 6) is 0.370. The molecular formula is C14H21N3O3. The standard InChI is InChI=1S/C14H21N3O3/c1-9-7-11(13(20-2)15-8-9)17-14(19)16-10-5-3-4-6-12(10)18/h7-8,10,12,18H,3-6H2,1-2H3,(H2,16,17,19)/t10-,12-/m0/s1. The lowest BCUT2D eigenvalue weighted by atomic mass is 9.93. The van der Waals surface area contributed by atoms with Gasteiger partial charge in [-0.25, -0.2) is 9.78 Å². The fraction of sp³-hybridized carbons (Fsp3) is 0.571. The highest BCUT2D eigenvalue weighted by atomic mass is 16.5. The number of pyridine rings is 1. The van der Waals surface area contributed by atoms with Gasteiger partial charge in [-0.2, -0.15) is 0 Å². The highest BCUT2D eigenvalue weighted by molar-refractivity contribution is 5.90. The first-order valence-corrected chi connectivity index (χ1v) is 6.86. The SMILES string of the molecule is COc1ncc(C)cc1NC(=O)N[C@H]1CCCC[C@@H]1O. The monoisotopic (exact) mass is 279 g/mol. The van der Waals surface area contributed by atoms with Crippen LogP contribution >= 0.6 is 0 Å². The molecule has 110 valence electrons. The third-order valence-corrected chi connectivity index (χ3v) is 3.48. The van der Waals surface area contributed by atoms with Crippen LogP contribution in [0.4, 0.5) is 10.5 Å². The lowest BCUT2D eigenvalue weighted by Gasteiger charge is -2.28. The molecule has 0 radical (unpaired) electrons. The molecule has 1 heterocycles. The molecule has 0 spiro atoms. The van der Waals surface area contributed by atoms with Crippen molar-refractivity contribution < 1.29 is 14.6 Å². The van der Waals surface area contributed by atoms with Crippen LogP contribution in [0.25, 0.3) is 0 Å². The minimum Gasteiger partial charge on any atom is -0.480 e. The number of rotatable bonds is 3. The van der Waals surface area contributed by atoms with Crippen LogP contribution in [0.3, 0.4) is 0 Å². The Kier molecular flexibility index (Phi) is 4.79. The van der Waals surface area contributed by atoms with Gasteiger partial charge < -0.3 is 20.5 Å². The molecule has 6 nitrogen and oxygen atoms in total. The Balaban J connectivity index is 1.99. The summed E-state index contributed by atoms with van der Waals surface area (Å²) in [6, 6.07) is 1.26. The Morgan fingerprint density at radius 2 is 2.20 bits per heavy atom. The number of methoxy groups -OCH3 is 1. The van der Waals surface area contributed by atoms with E-state index < -0.39 is 6.10 Å². The van der Waals surface area contributed by atoms with Gasteiger partial charge in [-0.1, -0.05) is 12.8 Å². The number of nitrogens with one attached hydrogen (secondary N) is 2. The van der Waals surface area contributed by atoms with Crippen molar-refractivity contribution >= 4 is 11.7 Å². The molecule has 6 heteroatoms. The first-order chi connectivity index (χ1) is 9.60. The number of aromatic nitrogens is 1. The van der Waals surface area contributed by atoms with Gasteiger partial charge in [-0.05, 0) is 31.4 Å². The number of ether oxygens (including phenoxy) is 1. The van der Waals surface area contributed by atoms with Crippen molar-refractivity contribution in [3.05, 3.63) is 17.8 Å². The summed E-state index contributed by atoms with van der Waals surface area (Å²) in [4.78, 5) is 16.1. The van der Waals surface area contributed by atoms with Gasteiger partial charge in [0.25, 0.3) is 0 Å². The number of anilines is 1. The number of aryl methyl sites for hydroxylation is 1. The molecular weight excluding hydrogens is 258 g/mol. The molecule has 0 aliphatic heterocycles. The summed E-state index contributed by atoms with van der Waals surface area (Å²) >= 11 is 0. The summed E-state index contributed by atoms with van der Waals surface area (Å²) < 4.78 is 5.11. The Labute approximate surface area is 118 Å². The van der Waals surface area contributed by atoms with Crippen LogP contribution in [0.2, 0.25) is 0 Å². The predicted molar refractivity (Wildman–Crippen MR) is 75.9 cm³/mol. The number of carbonyl (C=O) groups is 1. The van der Waals surface area contributed by atoms with Crippen molar-refractivity contribution in [2.75, 3.05) is 12.4 Å². The van der Waals surface area contributed by atoms with Gasteiger partial charge in [-0.15, -0.1) is 0 Å². The van der Waals surface area contributed by atoms with Crippen molar-refractivity contribution in [3.8, 4) is 5.88 Å². The molecule has 2 atom stereocenters. The molecule has 3 N–H and O–H groups in total. The van der Waals surface area contributed by atoms with Crippen LogP contribution in [0.15, 0.2) is 12.3 Å². The normalized spacial score (nSPS) is 22.1. The van der Waals surface area contributed by atoms with Crippen molar-refractivity contribution in [1.82, 2.24) is 10.3 Å². The molecule has 1 aliphatic carbocycles. The first-order valence-electron chi connectivity index (χ1n) is 6.86. The zero-order chi connectivity index (χ0) is 14.5. The van der Waals surface area contributed by atoms with Crippen LogP contribution in [0.1, 0.15) is 31.2 Å². The van der Waals surface area contributed by atoms with Crippen LogP contribution in [0, 0.1) is 6.92 Å². The number of carbonyl (C=O) groups excluding carboxylic acids is 1. The van der Waals surface area contributed by atoms with E-state index in [2.05, 4.69) is 15.6 Å². The summed E-state index contributed by atoms with van der Waals surface area (Å²) in [5, 5.41) is 15.4. The fourth-order valence-electron chi connectivity index (χ4n) is 2.42. The van der Waals surface area contributed by atoms with E-state index in [4.69, 9.17) is 4.74 Å². The Morgan fingerprint density at radius 3 is 2.90 bits per heavy atom. The molecule has 2 rings (SSSR count). The predicted octanol–water partition coefficient (Wildman–Crippen LogP) is 1.82. The van der Waals surface area contributed by atoms with Crippen LogP contribution in [0.5, 0.6) is 5.88 Å². The molecule has 1 aliphatic rings. The number of nitrogens with zero attached hydrogens (tertiary/aromatic N) is 1. The molecule has 1 aromatic rings. The van der Waals surface area contributed by atoms with Crippen molar-refractivity contribution in [3.63, 3.8) is 0 Å². The largest absolute Gasteiger partial charge is 0.480 e. The maximum absolute atomic E-state index is 12.0. The topological polar surface area (TPSA) is 83.5 Å². The van der Waals surface area contributed by atoms with E-state index in [-0.39, 0.29) is 12.1 Å². The minimum atomic E-state index is -0.466. The maximum atomic E-state index is 12.0. The van der Waals surface area contributed by atoms with E-state index in [0.29, 0.717) is 11.6 Å². The van der Waals surface area contributed by atoms with Gasteiger partial charge in [0.05, 0.1) is 19.3 Å². The Morgan fingerprint density at radius 1 is 1.45 bits per heavy atom. The van der Waals surface area contributed by atoms with E-state index in [0.717, 1.165) is 31.2 Å². The van der Waals surface area contributed by atoms with Gasteiger partial charge in [0.15, 0.2) is 0 Å². The lowest BCUT2D eigenvalue weighted by Crippen LogP contribution is -2.46. The van der Waals surface area contributed by atoms with Gasteiger partial charge in [0, 0.05) is 6.20 Å². The number of hydrogen-bond acceptors (Lipinski definition) is 4. The van der Waals surface area contributed by atoms with Gasteiger partial charge in [0.2, 0.25) is 5.88 Å². The fourth-order valence-corrected chi connectivity index (χ4v) is 2.42. The highest BCUT2D eigenvalue weighted by Crippen LogP contribution is 2.22. The molecule has 1 aromatic heterocycles. The minimum absolute atomic E-state index is 0.187. The average molecular weight is 279 g/mol. The van der Waals surface area contributed by atoms with E-state index >= 15 is 0 Å². The third-order valence-electron chi connectivity index (χ3n) is 3.48. The zero-order valence-corrected chi connectivity index (χ0v) is 11.8. The Hall–Kier alpha value is -1.82. The quantitative estimate of drug-likeness (QED) is 0.788. The van der Waals surface area contributed by atoms with Crippen molar-refractivity contribution in [1.29, 1.82) is 0 Å². The van der Waals surface area contributed by atoms with Crippen molar-refractivity contribution in [2.24, 2.45) is 0 Å². The molecule has 0 saturated heterocycles. The van der Waals surface area contributed by atoms with E-state index in [9.17, 15) is 9.90 Å². The van der Waals surface area contributed by atoms with Gasteiger partial charge in [-0.3, -0.25) is 0 Å². The summed E-state index contributed by atoms with van der Waals surface area (Å²) in [6.45, 7) is 1.89. The second-order valence-electron chi connectivity index (χ2n) is 5.13. The summed E-state index contributed by atoms with van der Waals surface area (Å²) in [5.41, 5.74) is 1.45. The molecule has 0 unspecified atom stereocenters. The second-order valence-corrected chi connectivity index (χ2v) is 5.13. The molecule has 2 amide bonds. The summed E-state index contributed by atoms with van der Waals surface area (Å²) in [6.07, 6.45) is 4.78. The summed E-state index contributed by atoms with van der Waals surface area (Å²) in [7, 11) is 1.51. The number of urea groups is 1. The lowest BCUT2D eigenvalue weighted by molar-refractivity contribution is 0.0955. The van der Waals surface area contributed by atoms with Crippen LogP contribution in [-0.4, -0.2) is 35.4 Å². The smallest absolute Gasteiger partial charge is 0.319 e. The van der Waals surface area contributed by atoms with Crippen LogP contribution in [-0.2, 0) is 0 Å². The van der Waals surface area contributed by atoms with Gasteiger partial charge >= 0.3 is 6.03 Å². The molecule has 1 saturated carbocycles. The maximum Gasteiger partial charge on any atom is 0.319 e. The van der Waals surface area contributed by atoms with E-state index in [1.54, 1.807) is 12.3 Å². The number of aliphatic hydroxyl groups is 1. The van der Waals surface area contributed by atoms with Crippen LogP contribution < -0.4 is 15.4 Å². The third kappa shape index (κ3) is 3.60. The average Bonchev–Trinajstić information content (AvgIpc) is 2.41. The first kappa shape index (κ1) is 14.6. The number of hydrogen-bond donors (Lipinski definition) is 3. The Bertz CT molecular complexity index is 479. The molecule has 1 fully saturated rings. The second kappa shape index (κ2) is 6.56. The zero-order valence-electron chi connectivity index (χ0n) is 11.8. The van der Waals surface area contributed by atoms with Gasteiger partial charge in [0.1, 0.15) is 5.69 Å². The molecule has 20 heavy (non-hydrogen) atoms.